The van der Waals surface area contributed by atoms with Crippen molar-refractivity contribution in [2.45, 2.75) is 11.3 Å². The molecule has 0 aliphatic carbocycles. The zero-order valence-corrected chi connectivity index (χ0v) is 18.6. The highest BCUT2D eigenvalue weighted by molar-refractivity contribution is 7.89. The number of carbonyl (C=O) groups is 1. The lowest BCUT2D eigenvalue weighted by Gasteiger charge is -2.16. The summed E-state index contributed by atoms with van der Waals surface area (Å²) in [6, 6.07) is 7.62. The fraction of sp³-hybridized carbons (Fsp3) is 0.350. The van der Waals surface area contributed by atoms with Crippen molar-refractivity contribution in [3.8, 4) is 23.0 Å². The van der Waals surface area contributed by atoms with Crippen molar-refractivity contribution in [1.29, 1.82) is 0 Å². The van der Waals surface area contributed by atoms with Gasteiger partial charge >= 0.3 is 0 Å². The van der Waals surface area contributed by atoms with E-state index in [2.05, 4.69) is 5.32 Å². The van der Waals surface area contributed by atoms with Gasteiger partial charge in [0.25, 0.3) is 0 Å². The summed E-state index contributed by atoms with van der Waals surface area (Å²) in [4.78, 5) is 12.7. The SMILES string of the molecule is COc1ccc(S(=O)(=O)N(C)C)cc1NC(=O)Cc1cc(OC)c(OC)c(OC)c1. The molecule has 10 heteroatoms. The number of rotatable bonds is 9. The maximum Gasteiger partial charge on any atom is 0.242 e. The highest BCUT2D eigenvalue weighted by Crippen LogP contribution is 2.38. The number of benzene rings is 2. The number of nitrogens with zero attached hydrogens (tertiary/aromatic N) is 1. The Bertz CT molecular complexity index is 995. The molecule has 0 aromatic heterocycles. The van der Waals surface area contributed by atoms with Crippen molar-refractivity contribution >= 4 is 21.6 Å². The van der Waals surface area contributed by atoms with Crippen LogP contribution in [-0.4, -0.2) is 61.2 Å². The van der Waals surface area contributed by atoms with Gasteiger partial charge in [0.2, 0.25) is 21.7 Å². The summed E-state index contributed by atoms with van der Waals surface area (Å²) in [5.74, 6) is 1.24. The first-order chi connectivity index (χ1) is 14.2. The lowest BCUT2D eigenvalue weighted by molar-refractivity contribution is -0.115. The van der Waals surface area contributed by atoms with Crippen molar-refractivity contribution in [2.75, 3.05) is 47.9 Å². The Labute approximate surface area is 176 Å². The predicted octanol–water partition coefficient (Wildman–Crippen LogP) is 2.15. The molecule has 0 saturated heterocycles. The Balaban J connectivity index is 2.32. The molecule has 0 atom stereocenters. The third-order valence-corrected chi connectivity index (χ3v) is 6.12. The maximum atomic E-state index is 12.7. The lowest BCUT2D eigenvalue weighted by Crippen LogP contribution is -2.22. The minimum absolute atomic E-state index is 0.00940. The number of methoxy groups -OCH3 is 4. The minimum atomic E-state index is -3.67. The first-order valence-electron chi connectivity index (χ1n) is 8.87. The molecule has 0 aliphatic heterocycles. The van der Waals surface area contributed by atoms with Gasteiger partial charge in [-0.05, 0) is 35.9 Å². The molecule has 0 unspecified atom stereocenters. The Hall–Kier alpha value is -2.98. The van der Waals surface area contributed by atoms with Crippen LogP contribution in [0.15, 0.2) is 35.2 Å². The highest BCUT2D eigenvalue weighted by Gasteiger charge is 2.20. The topological polar surface area (TPSA) is 103 Å². The zero-order valence-electron chi connectivity index (χ0n) is 17.8. The second kappa shape index (κ2) is 9.68. The molecule has 1 amide bonds. The van der Waals surface area contributed by atoms with Gasteiger partial charge in [-0.25, -0.2) is 12.7 Å². The summed E-state index contributed by atoms with van der Waals surface area (Å²) in [6.45, 7) is 0. The van der Waals surface area contributed by atoms with Gasteiger partial charge in [0, 0.05) is 14.1 Å². The number of carbonyl (C=O) groups excluding carboxylic acids is 1. The smallest absolute Gasteiger partial charge is 0.242 e. The Morgan fingerprint density at radius 2 is 1.47 bits per heavy atom. The van der Waals surface area contributed by atoms with E-state index in [1.807, 2.05) is 0 Å². The van der Waals surface area contributed by atoms with Crippen molar-refractivity contribution < 1.29 is 32.2 Å². The number of amides is 1. The van der Waals surface area contributed by atoms with E-state index < -0.39 is 10.0 Å². The molecule has 0 heterocycles. The van der Waals surface area contributed by atoms with Gasteiger partial charge in [-0.2, -0.15) is 0 Å². The summed E-state index contributed by atoms with van der Waals surface area (Å²) in [5, 5.41) is 2.71. The van der Waals surface area contributed by atoms with E-state index in [0.717, 1.165) is 4.31 Å². The Morgan fingerprint density at radius 1 is 0.900 bits per heavy atom. The van der Waals surface area contributed by atoms with Crippen molar-refractivity contribution in [3.63, 3.8) is 0 Å². The third-order valence-electron chi connectivity index (χ3n) is 4.31. The van der Waals surface area contributed by atoms with E-state index in [-0.39, 0.29) is 22.9 Å². The molecular weight excluding hydrogens is 412 g/mol. The standard InChI is InChI=1S/C20H26N2O7S/c1-22(2)30(24,25)14-7-8-16(26-3)15(12-14)21-19(23)11-13-9-17(27-4)20(29-6)18(10-13)28-5/h7-10,12H,11H2,1-6H3,(H,21,23). The second-order valence-corrected chi connectivity index (χ2v) is 8.56. The number of hydrogen-bond acceptors (Lipinski definition) is 7. The highest BCUT2D eigenvalue weighted by atomic mass is 32.2. The van der Waals surface area contributed by atoms with Crippen LogP contribution in [0.25, 0.3) is 0 Å². The number of sulfonamides is 1. The number of ether oxygens (including phenoxy) is 4. The van der Waals surface area contributed by atoms with Crippen LogP contribution in [0.4, 0.5) is 5.69 Å². The quantitative estimate of drug-likeness (QED) is 0.640. The van der Waals surface area contributed by atoms with Gasteiger partial charge in [-0.1, -0.05) is 0 Å². The van der Waals surface area contributed by atoms with E-state index in [4.69, 9.17) is 18.9 Å². The summed E-state index contributed by atoms with van der Waals surface area (Å²) < 4.78 is 47.0. The van der Waals surface area contributed by atoms with Gasteiger partial charge in [-0.3, -0.25) is 4.79 Å². The first-order valence-corrected chi connectivity index (χ1v) is 10.3. The van der Waals surface area contributed by atoms with Gasteiger partial charge in [0.15, 0.2) is 11.5 Å². The molecule has 2 aromatic rings. The monoisotopic (exact) mass is 438 g/mol. The minimum Gasteiger partial charge on any atom is -0.495 e. The van der Waals surface area contributed by atoms with Crippen molar-refractivity contribution in [1.82, 2.24) is 4.31 Å². The molecule has 0 fully saturated rings. The molecule has 2 rings (SSSR count). The first kappa shape index (κ1) is 23.3. The molecule has 0 saturated carbocycles. The van der Waals surface area contributed by atoms with E-state index in [1.54, 1.807) is 12.1 Å². The molecule has 9 nitrogen and oxygen atoms in total. The molecule has 0 spiro atoms. The fourth-order valence-corrected chi connectivity index (χ4v) is 3.70. The van der Waals surface area contributed by atoms with Crippen LogP contribution in [-0.2, 0) is 21.2 Å². The third kappa shape index (κ3) is 4.95. The predicted molar refractivity (Wildman–Crippen MR) is 112 cm³/mol. The van der Waals surface area contributed by atoms with E-state index in [1.165, 1.54) is 60.7 Å². The molecular formula is C20H26N2O7S. The maximum absolute atomic E-state index is 12.7. The zero-order chi connectivity index (χ0) is 22.5. The summed E-state index contributed by atoms with van der Waals surface area (Å²) in [6.07, 6.45) is -0.00940. The summed E-state index contributed by atoms with van der Waals surface area (Å²) >= 11 is 0. The molecule has 2 aromatic carbocycles. The van der Waals surface area contributed by atoms with Crippen LogP contribution in [0.5, 0.6) is 23.0 Å². The lowest BCUT2D eigenvalue weighted by atomic mass is 10.1. The van der Waals surface area contributed by atoms with Crippen LogP contribution < -0.4 is 24.3 Å². The summed E-state index contributed by atoms with van der Waals surface area (Å²) in [5.41, 5.74) is 0.871. The largest absolute Gasteiger partial charge is 0.495 e. The average Bonchev–Trinajstić information content (AvgIpc) is 2.72. The number of anilines is 1. The molecule has 164 valence electrons. The van der Waals surface area contributed by atoms with Crippen LogP contribution in [0.3, 0.4) is 0 Å². The molecule has 0 bridgehead atoms. The van der Waals surface area contributed by atoms with Crippen molar-refractivity contribution in [2.24, 2.45) is 0 Å². The molecule has 30 heavy (non-hydrogen) atoms. The average molecular weight is 439 g/mol. The Kier molecular flexibility index (Phi) is 7.52. The fourth-order valence-electron chi connectivity index (χ4n) is 2.77. The van der Waals surface area contributed by atoms with Gasteiger partial charge in [0.05, 0.1) is 45.4 Å². The molecule has 0 radical (unpaired) electrons. The number of hydrogen-bond donors (Lipinski definition) is 1. The normalized spacial score (nSPS) is 11.2. The van der Waals surface area contributed by atoms with Gasteiger partial charge in [-0.15, -0.1) is 0 Å². The van der Waals surface area contributed by atoms with Gasteiger partial charge < -0.3 is 24.3 Å². The van der Waals surface area contributed by atoms with Crippen LogP contribution in [0.1, 0.15) is 5.56 Å². The van der Waals surface area contributed by atoms with Crippen LogP contribution >= 0.6 is 0 Å². The summed E-state index contributed by atoms with van der Waals surface area (Å²) in [7, 11) is 5.11. The van der Waals surface area contributed by atoms with E-state index in [9.17, 15) is 13.2 Å². The van der Waals surface area contributed by atoms with Gasteiger partial charge in [0.1, 0.15) is 5.75 Å². The van der Waals surface area contributed by atoms with Crippen LogP contribution in [0, 0.1) is 0 Å². The number of nitrogens with one attached hydrogen (secondary N) is 1. The molecule has 0 aliphatic rings. The van der Waals surface area contributed by atoms with Crippen LogP contribution in [0.2, 0.25) is 0 Å². The second-order valence-electron chi connectivity index (χ2n) is 6.41. The van der Waals surface area contributed by atoms with Crippen molar-refractivity contribution in [3.05, 3.63) is 35.9 Å². The van der Waals surface area contributed by atoms with E-state index >= 15 is 0 Å². The Morgan fingerprint density at radius 3 is 1.93 bits per heavy atom. The van der Waals surface area contributed by atoms with E-state index in [0.29, 0.717) is 28.6 Å². The molecule has 1 N–H and O–H groups in total.